The van der Waals surface area contributed by atoms with Crippen molar-refractivity contribution in [3.8, 4) is 0 Å². The molecule has 0 fully saturated rings. The molecular weight excluding hydrogens is 167 g/mol. The van der Waals surface area contributed by atoms with Crippen LogP contribution in [0.5, 0.6) is 0 Å². The van der Waals surface area contributed by atoms with E-state index in [4.69, 9.17) is 0 Å². The number of hydrogen-bond acceptors (Lipinski definition) is 1. The molecule has 0 radical (unpaired) electrons. The Hall–Kier alpha value is -1.64. The number of aromatic amines is 1. The minimum atomic E-state index is -0.205. The van der Waals surface area contributed by atoms with E-state index in [0.717, 1.165) is 11.2 Å². The molecule has 0 atom stereocenters. The van der Waals surface area contributed by atoms with Crippen molar-refractivity contribution < 1.29 is 4.39 Å². The number of H-pyrrole nitrogens is 1. The molecule has 1 heterocycles. The summed E-state index contributed by atoms with van der Waals surface area (Å²) >= 11 is 0. The van der Waals surface area contributed by atoms with E-state index >= 15 is 0 Å². The molecule has 0 aliphatic heterocycles. The molecule has 0 aliphatic carbocycles. The third-order valence-corrected chi connectivity index (χ3v) is 1.95. The summed E-state index contributed by atoms with van der Waals surface area (Å²) < 4.78 is 13.2. The molecule has 13 heavy (non-hydrogen) atoms. The molecule has 2 aromatic rings. The lowest BCUT2D eigenvalue weighted by Crippen LogP contribution is -1.77. The predicted molar refractivity (Wildman–Crippen MR) is 51.5 cm³/mol. The van der Waals surface area contributed by atoms with Gasteiger partial charge in [0.2, 0.25) is 0 Å². The van der Waals surface area contributed by atoms with E-state index in [9.17, 15) is 4.39 Å². The van der Waals surface area contributed by atoms with E-state index in [1.807, 2.05) is 6.07 Å². The van der Waals surface area contributed by atoms with E-state index in [1.54, 1.807) is 12.1 Å². The standard InChI is InChI=1S/C10H9FN2/c1-12-6-7-5-8-9(11)3-2-4-10(8)13-7/h2-5,13H,1,6H2. The van der Waals surface area contributed by atoms with Crippen molar-refractivity contribution in [1.29, 1.82) is 0 Å². The number of aliphatic imine (C=N–C) groups is 1. The number of benzene rings is 1. The Labute approximate surface area is 75.1 Å². The summed E-state index contributed by atoms with van der Waals surface area (Å²) in [6.45, 7) is 3.88. The quantitative estimate of drug-likeness (QED) is 0.681. The minimum absolute atomic E-state index is 0.205. The van der Waals surface area contributed by atoms with Crippen LogP contribution in [0.3, 0.4) is 0 Å². The van der Waals surface area contributed by atoms with Gasteiger partial charge in [-0.3, -0.25) is 4.99 Å². The lowest BCUT2D eigenvalue weighted by molar-refractivity contribution is 0.640. The lowest BCUT2D eigenvalue weighted by Gasteiger charge is -1.88. The molecule has 1 aromatic carbocycles. The summed E-state index contributed by atoms with van der Waals surface area (Å²) in [5, 5.41) is 0.612. The van der Waals surface area contributed by atoms with Crippen LogP contribution >= 0.6 is 0 Å². The number of nitrogens with one attached hydrogen (secondary N) is 1. The Balaban J connectivity index is 2.61. The van der Waals surface area contributed by atoms with Crippen LogP contribution < -0.4 is 0 Å². The zero-order chi connectivity index (χ0) is 9.26. The van der Waals surface area contributed by atoms with E-state index < -0.39 is 0 Å². The molecule has 0 unspecified atom stereocenters. The molecule has 1 N–H and O–H groups in total. The van der Waals surface area contributed by atoms with Crippen molar-refractivity contribution in [3.63, 3.8) is 0 Å². The van der Waals surface area contributed by atoms with E-state index in [1.165, 1.54) is 6.07 Å². The monoisotopic (exact) mass is 176 g/mol. The first kappa shape index (κ1) is 7.98. The van der Waals surface area contributed by atoms with Gasteiger partial charge in [-0.2, -0.15) is 0 Å². The van der Waals surface area contributed by atoms with Crippen LogP contribution in [0.1, 0.15) is 5.69 Å². The minimum Gasteiger partial charge on any atom is -0.357 e. The second-order valence-corrected chi connectivity index (χ2v) is 2.88. The average molecular weight is 176 g/mol. The van der Waals surface area contributed by atoms with Crippen molar-refractivity contribution in [2.75, 3.05) is 0 Å². The fraction of sp³-hybridized carbons (Fsp3) is 0.100. The fourth-order valence-corrected chi connectivity index (χ4v) is 1.38. The van der Waals surface area contributed by atoms with Gasteiger partial charge in [-0.1, -0.05) is 6.07 Å². The van der Waals surface area contributed by atoms with Gasteiger partial charge >= 0.3 is 0 Å². The first-order valence-corrected chi connectivity index (χ1v) is 4.00. The Morgan fingerprint density at radius 1 is 1.46 bits per heavy atom. The van der Waals surface area contributed by atoms with Gasteiger partial charge < -0.3 is 4.98 Å². The summed E-state index contributed by atoms with van der Waals surface area (Å²) in [5.41, 5.74) is 1.69. The van der Waals surface area contributed by atoms with Gasteiger partial charge in [0.25, 0.3) is 0 Å². The van der Waals surface area contributed by atoms with Gasteiger partial charge in [-0.05, 0) is 24.9 Å². The van der Waals surface area contributed by atoms with Gasteiger partial charge in [-0.15, -0.1) is 0 Å². The molecule has 0 spiro atoms. The average Bonchev–Trinajstić information content (AvgIpc) is 2.49. The first-order valence-electron chi connectivity index (χ1n) is 4.00. The van der Waals surface area contributed by atoms with Crippen molar-refractivity contribution in [3.05, 3.63) is 35.8 Å². The Bertz CT molecular complexity index is 445. The molecular formula is C10H9FN2. The molecule has 2 rings (SSSR count). The number of fused-ring (bicyclic) bond motifs is 1. The molecule has 2 nitrogen and oxygen atoms in total. The van der Waals surface area contributed by atoms with Crippen LogP contribution in [0.25, 0.3) is 10.9 Å². The zero-order valence-electron chi connectivity index (χ0n) is 7.05. The fourth-order valence-electron chi connectivity index (χ4n) is 1.38. The van der Waals surface area contributed by atoms with Crippen molar-refractivity contribution in [2.45, 2.75) is 6.54 Å². The van der Waals surface area contributed by atoms with Crippen molar-refractivity contribution in [2.24, 2.45) is 4.99 Å². The smallest absolute Gasteiger partial charge is 0.132 e. The van der Waals surface area contributed by atoms with Gasteiger partial charge in [0.15, 0.2) is 0 Å². The lowest BCUT2D eigenvalue weighted by atomic mass is 10.2. The highest BCUT2D eigenvalue weighted by atomic mass is 19.1. The maximum absolute atomic E-state index is 13.2. The number of halogens is 1. The summed E-state index contributed by atoms with van der Waals surface area (Å²) in [5.74, 6) is -0.205. The van der Waals surface area contributed by atoms with Crippen LogP contribution in [-0.2, 0) is 6.54 Å². The maximum atomic E-state index is 13.2. The first-order chi connectivity index (χ1) is 6.31. The molecule has 3 heteroatoms. The normalized spacial score (nSPS) is 10.5. The largest absolute Gasteiger partial charge is 0.357 e. The SMILES string of the molecule is C=NCc1cc2c(F)cccc2[nH]1. The summed E-state index contributed by atoms with van der Waals surface area (Å²) in [4.78, 5) is 6.79. The summed E-state index contributed by atoms with van der Waals surface area (Å²) in [6, 6.07) is 6.73. The third-order valence-electron chi connectivity index (χ3n) is 1.95. The van der Waals surface area contributed by atoms with Crippen molar-refractivity contribution >= 4 is 17.6 Å². The number of rotatable bonds is 2. The highest BCUT2D eigenvalue weighted by molar-refractivity contribution is 5.80. The predicted octanol–water partition coefficient (Wildman–Crippen LogP) is 2.51. The number of aromatic nitrogens is 1. The third kappa shape index (κ3) is 1.33. The second-order valence-electron chi connectivity index (χ2n) is 2.88. The number of hydrogen-bond donors (Lipinski definition) is 1. The van der Waals surface area contributed by atoms with E-state index in [-0.39, 0.29) is 5.82 Å². The van der Waals surface area contributed by atoms with E-state index in [2.05, 4.69) is 16.7 Å². The zero-order valence-corrected chi connectivity index (χ0v) is 7.05. The van der Waals surface area contributed by atoms with Gasteiger partial charge in [0.1, 0.15) is 5.82 Å². The maximum Gasteiger partial charge on any atom is 0.132 e. The Kier molecular flexibility index (Phi) is 1.85. The van der Waals surface area contributed by atoms with Gasteiger partial charge in [0, 0.05) is 16.6 Å². The molecule has 0 saturated carbocycles. The molecule has 0 bridgehead atoms. The molecule has 0 amide bonds. The van der Waals surface area contributed by atoms with Crippen LogP contribution in [0.4, 0.5) is 4.39 Å². The van der Waals surface area contributed by atoms with Gasteiger partial charge in [-0.25, -0.2) is 4.39 Å². The van der Waals surface area contributed by atoms with Crippen LogP contribution in [0.15, 0.2) is 29.3 Å². The van der Waals surface area contributed by atoms with Crippen LogP contribution in [-0.4, -0.2) is 11.7 Å². The summed E-state index contributed by atoms with van der Waals surface area (Å²) in [7, 11) is 0. The topological polar surface area (TPSA) is 28.1 Å². The number of nitrogens with zero attached hydrogens (tertiary/aromatic N) is 1. The Morgan fingerprint density at radius 2 is 2.31 bits per heavy atom. The summed E-state index contributed by atoms with van der Waals surface area (Å²) in [6.07, 6.45) is 0. The molecule has 0 aliphatic rings. The van der Waals surface area contributed by atoms with Crippen LogP contribution in [0.2, 0.25) is 0 Å². The van der Waals surface area contributed by atoms with Crippen molar-refractivity contribution in [1.82, 2.24) is 4.98 Å². The van der Waals surface area contributed by atoms with Crippen LogP contribution in [0, 0.1) is 5.82 Å². The Morgan fingerprint density at radius 3 is 3.00 bits per heavy atom. The highest BCUT2D eigenvalue weighted by Crippen LogP contribution is 2.18. The molecule has 66 valence electrons. The van der Waals surface area contributed by atoms with E-state index in [0.29, 0.717) is 11.9 Å². The molecule has 1 aromatic heterocycles. The second kappa shape index (κ2) is 3.01. The molecule has 0 saturated heterocycles. The highest BCUT2D eigenvalue weighted by Gasteiger charge is 2.03. The van der Waals surface area contributed by atoms with Gasteiger partial charge in [0.05, 0.1) is 6.54 Å².